The van der Waals surface area contributed by atoms with Gasteiger partial charge in [-0.3, -0.25) is 9.32 Å². The van der Waals surface area contributed by atoms with Gasteiger partial charge in [0.2, 0.25) is 0 Å². The predicted octanol–water partition coefficient (Wildman–Crippen LogP) is -0.916. The van der Waals surface area contributed by atoms with E-state index in [9.17, 15) is 14.2 Å². The summed E-state index contributed by atoms with van der Waals surface area (Å²) in [5.41, 5.74) is 0. The van der Waals surface area contributed by atoms with Crippen LogP contribution in [0.25, 0.3) is 0 Å². The van der Waals surface area contributed by atoms with Crippen molar-refractivity contribution >= 4 is 20.1 Å². The summed E-state index contributed by atoms with van der Waals surface area (Å²) in [6, 6.07) is 0. The molecule has 0 spiro atoms. The summed E-state index contributed by atoms with van der Waals surface area (Å²) in [7, 11) is -4.56. The Labute approximate surface area is 79.2 Å². The van der Waals surface area contributed by atoms with Crippen molar-refractivity contribution in [3.8, 4) is 0 Å². The van der Waals surface area contributed by atoms with Gasteiger partial charge in [-0.1, -0.05) is 0 Å². The lowest BCUT2D eigenvalue weighted by atomic mass is 9.98. The van der Waals surface area contributed by atoms with E-state index in [-0.39, 0.29) is 13.2 Å². The molecule has 80 valence electrons. The van der Waals surface area contributed by atoms with Crippen molar-refractivity contribution in [2.45, 2.75) is 0 Å². The largest absolute Gasteiger partial charge is 0.469 e. The maximum Gasteiger partial charge on any atom is 0.469 e. The summed E-state index contributed by atoms with van der Waals surface area (Å²) in [4.78, 5) is 38.0. The molecule has 1 heterocycles. The molecular formula is C6H9O7P. The van der Waals surface area contributed by atoms with Crippen molar-refractivity contribution in [1.82, 2.24) is 0 Å². The van der Waals surface area contributed by atoms with Crippen molar-refractivity contribution in [3.63, 3.8) is 0 Å². The Morgan fingerprint density at radius 1 is 1.64 bits per heavy atom. The SMILES string of the molecule is O=C[C@@H]1C(=O)OC[C@H]1COP(=O)(O)O. The number of phosphoric ester groups is 1. The van der Waals surface area contributed by atoms with Crippen LogP contribution in [0.3, 0.4) is 0 Å². The second-order valence-corrected chi connectivity index (χ2v) is 4.08. The number of phosphoric acid groups is 1. The molecule has 1 aliphatic heterocycles. The summed E-state index contributed by atoms with van der Waals surface area (Å²) in [6.07, 6.45) is 0.392. The van der Waals surface area contributed by atoms with Crippen LogP contribution in [-0.2, 0) is 23.4 Å². The highest BCUT2D eigenvalue weighted by molar-refractivity contribution is 7.46. The first-order valence-electron chi connectivity index (χ1n) is 3.76. The Balaban J connectivity index is 2.50. The molecular weight excluding hydrogens is 215 g/mol. The van der Waals surface area contributed by atoms with E-state index in [4.69, 9.17) is 9.79 Å². The third-order valence-corrected chi connectivity index (χ3v) is 2.31. The topological polar surface area (TPSA) is 110 Å². The van der Waals surface area contributed by atoms with Crippen LogP contribution in [0.5, 0.6) is 0 Å². The number of esters is 1. The van der Waals surface area contributed by atoms with Crippen LogP contribution in [0.4, 0.5) is 0 Å². The van der Waals surface area contributed by atoms with Crippen LogP contribution >= 0.6 is 7.82 Å². The van der Waals surface area contributed by atoms with Gasteiger partial charge < -0.3 is 19.3 Å². The van der Waals surface area contributed by atoms with Crippen LogP contribution in [0.15, 0.2) is 0 Å². The van der Waals surface area contributed by atoms with E-state index in [1.54, 1.807) is 0 Å². The molecule has 0 bridgehead atoms. The molecule has 0 unspecified atom stereocenters. The van der Waals surface area contributed by atoms with Gasteiger partial charge in [0, 0.05) is 5.92 Å². The van der Waals surface area contributed by atoms with Gasteiger partial charge >= 0.3 is 13.8 Å². The van der Waals surface area contributed by atoms with E-state index in [2.05, 4.69) is 9.26 Å². The van der Waals surface area contributed by atoms with Crippen molar-refractivity contribution < 1.29 is 33.2 Å². The molecule has 1 saturated heterocycles. The first kappa shape index (κ1) is 11.3. The van der Waals surface area contributed by atoms with Gasteiger partial charge in [0.15, 0.2) is 0 Å². The molecule has 1 rings (SSSR count). The summed E-state index contributed by atoms with van der Waals surface area (Å²) in [5, 5.41) is 0. The van der Waals surface area contributed by atoms with Gasteiger partial charge in [-0.15, -0.1) is 0 Å². The van der Waals surface area contributed by atoms with Gasteiger partial charge in [0.1, 0.15) is 12.2 Å². The molecule has 0 aliphatic carbocycles. The number of ether oxygens (including phenoxy) is 1. The van der Waals surface area contributed by atoms with Gasteiger partial charge in [0.05, 0.1) is 13.2 Å². The highest BCUT2D eigenvalue weighted by Crippen LogP contribution is 2.37. The van der Waals surface area contributed by atoms with Gasteiger partial charge in [-0.25, -0.2) is 4.57 Å². The Hall–Kier alpha value is -0.750. The monoisotopic (exact) mass is 224 g/mol. The number of hydrogen-bond donors (Lipinski definition) is 2. The van der Waals surface area contributed by atoms with E-state index < -0.39 is 25.6 Å². The standard InChI is InChI=1S/C6H9O7P/c7-1-5-4(2-12-6(5)8)3-13-14(9,10)11/h1,4-5H,2-3H2,(H2,9,10,11)/t4-,5-/m0/s1. The molecule has 2 N–H and O–H groups in total. The molecule has 7 nitrogen and oxygen atoms in total. The summed E-state index contributed by atoms with van der Waals surface area (Å²) >= 11 is 0. The fourth-order valence-corrected chi connectivity index (χ4v) is 1.48. The molecule has 1 aliphatic rings. The maximum absolute atomic E-state index is 10.8. The first-order valence-corrected chi connectivity index (χ1v) is 5.29. The number of cyclic esters (lactones) is 1. The van der Waals surface area contributed by atoms with Crippen LogP contribution in [0, 0.1) is 11.8 Å². The Morgan fingerprint density at radius 3 is 2.79 bits per heavy atom. The average Bonchev–Trinajstić information content (AvgIpc) is 2.41. The third kappa shape index (κ3) is 2.88. The van der Waals surface area contributed by atoms with Gasteiger partial charge in [0.25, 0.3) is 0 Å². The van der Waals surface area contributed by atoms with Crippen LogP contribution in [-0.4, -0.2) is 35.3 Å². The Morgan fingerprint density at radius 2 is 2.29 bits per heavy atom. The van der Waals surface area contributed by atoms with Crippen LogP contribution in [0.1, 0.15) is 0 Å². The zero-order valence-electron chi connectivity index (χ0n) is 7.03. The molecule has 1 fully saturated rings. The van der Waals surface area contributed by atoms with Crippen LogP contribution in [0.2, 0.25) is 0 Å². The van der Waals surface area contributed by atoms with Crippen molar-refractivity contribution in [1.29, 1.82) is 0 Å². The van der Waals surface area contributed by atoms with E-state index in [0.29, 0.717) is 6.29 Å². The molecule has 0 radical (unpaired) electrons. The first-order chi connectivity index (χ1) is 6.44. The predicted molar refractivity (Wildman–Crippen MR) is 42.0 cm³/mol. The fourth-order valence-electron chi connectivity index (χ4n) is 1.09. The number of rotatable bonds is 4. The van der Waals surface area contributed by atoms with E-state index in [1.807, 2.05) is 0 Å². The van der Waals surface area contributed by atoms with Crippen molar-refractivity contribution in [2.75, 3.05) is 13.2 Å². The van der Waals surface area contributed by atoms with Gasteiger partial charge in [-0.2, -0.15) is 0 Å². The second kappa shape index (κ2) is 4.18. The zero-order valence-corrected chi connectivity index (χ0v) is 7.92. The quantitative estimate of drug-likeness (QED) is 0.275. The second-order valence-electron chi connectivity index (χ2n) is 2.84. The molecule has 8 heteroatoms. The molecule has 0 saturated carbocycles. The molecule has 0 aromatic carbocycles. The minimum absolute atomic E-state index is 0.0533. The fraction of sp³-hybridized carbons (Fsp3) is 0.667. The lowest BCUT2D eigenvalue weighted by Crippen LogP contribution is -2.21. The smallest absolute Gasteiger partial charge is 0.465 e. The van der Waals surface area contributed by atoms with E-state index in [0.717, 1.165) is 0 Å². The Kier molecular flexibility index (Phi) is 3.38. The maximum atomic E-state index is 10.8. The van der Waals surface area contributed by atoms with E-state index >= 15 is 0 Å². The molecule has 0 amide bonds. The number of carbonyl (C=O) groups excluding carboxylic acids is 2. The van der Waals surface area contributed by atoms with Crippen molar-refractivity contribution in [3.05, 3.63) is 0 Å². The average molecular weight is 224 g/mol. The summed E-state index contributed by atoms with van der Waals surface area (Å²) in [5.74, 6) is -2.28. The zero-order chi connectivity index (χ0) is 10.8. The summed E-state index contributed by atoms with van der Waals surface area (Å²) in [6.45, 7) is -0.429. The molecule has 0 aromatic heterocycles. The van der Waals surface area contributed by atoms with Crippen LogP contribution < -0.4 is 0 Å². The third-order valence-electron chi connectivity index (χ3n) is 1.82. The van der Waals surface area contributed by atoms with Crippen molar-refractivity contribution in [2.24, 2.45) is 11.8 Å². The minimum atomic E-state index is -4.56. The minimum Gasteiger partial charge on any atom is -0.465 e. The number of hydrogen-bond acceptors (Lipinski definition) is 5. The molecule has 0 aromatic rings. The highest BCUT2D eigenvalue weighted by Gasteiger charge is 2.38. The number of carbonyl (C=O) groups is 2. The molecule has 2 atom stereocenters. The van der Waals surface area contributed by atoms with E-state index in [1.165, 1.54) is 0 Å². The summed E-state index contributed by atoms with van der Waals surface area (Å²) < 4.78 is 19.0. The Bertz CT molecular complexity index is 282. The normalized spacial score (nSPS) is 27.4. The molecule has 14 heavy (non-hydrogen) atoms. The number of aldehydes is 1. The highest BCUT2D eigenvalue weighted by atomic mass is 31.2. The van der Waals surface area contributed by atoms with Gasteiger partial charge in [-0.05, 0) is 0 Å². The lowest BCUT2D eigenvalue weighted by molar-refractivity contribution is -0.142. The lowest BCUT2D eigenvalue weighted by Gasteiger charge is -2.10.